The van der Waals surface area contributed by atoms with Gasteiger partial charge in [0.2, 0.25) is 5.78 Å². The summed E-state index contributed by atoms with van der Waals surface area (Å²) in [6.07, 6.45) is -3.47. The zero-order valence-electron chi connectivity index (χ0n) is 12.7. The van der Waals surface area contributed by atoms with Crippen LogP contribution >= 0.6 is 0 Å². The summed E-state index contributed by atoms with van der Waals surface area (Å²) < 4.78 is 47.9. The van der Waals surface area contributed by atoms with Gasteiger partial charge in [0, 0.05) is 0 Å². The van der Waals surface area contributed by atoms with E-state index in [1.807, 2.05) is 0 Å². The SMILES string of the molecule is CCOC(=O)c1[nH]ncc1C(=O)c1ccc(C(F)(F)F)cc1OC. The summed E-state index contributed by atoms with van der Waals surface area (Å²) in [7, 11) is 1.15. The number of alkyl halides is 3. The molecule has 2 aromatic rings. The fraction of sp³-hybridized carbons (Fsp3) is 0.267. The van der Waals surface area contributed by atoms with Crippen LogP contribution in [0.2, 0.25) is 0 Å². The molecule has 9 heteroatoms. The van der Waals surface area contributed by atoms with Gasteiger partial charge in [-0.15, -0.1) is 0 Å². The summed E-state index contributed by atoms with van der Waals surface area (Å²) in [5, 5.41) is 5.96. The van der Waals surface area contributed by atoms with Crippen molar-refractivity contribution >= 4 is 11.8 Å². The second-order valence-corrected chi connectivity index (χ2v) is 4.62. The molecule has 1 N–H and O–H groups in total. The minimum absolute atomic E-state index is 0.0923. The van der Waals surface area contributed by atoms with Gasteiger partial charge in [-0.2, -0.15) is 18.3 Å². The van der Waals surface area contributed by atoms with Crippen molar-refractivity contribution in [1.82, 2.24) is 10.2 Å². The highest BCUT2D eigenvalue weighted by Crippen LogP contribution is 2.33. The molecule has 6 nitrogen and oxygen atoms in total. The zero-order valence-corrected chi connectivity index (χ0v) is 12.7. The number of methoxy groups -OCH3 is 1. The van der Waals surface area contributed by atoms with E-state index in [2.05, 4.69) is 10.2 Å². The predicted molar refractivity (Wildman–Crippen MR) is 76.0 cm³/mol. The monoisotopic (exact) mass is 342 g/mol. The predicted octanol–water partition coefficient (Wildman–Crippen LogP) is 2.84. The van der Waals surface area contributed by atoms with Gasteiger partial charge in [-0.3, -0.25) is 9.89 Å². The van der Waals surface area contributed by atoms with Gasteiger partial charge in [-0.05, 0) is 25.1 Å². The van der Waals surface area contributed by atoms with Gasteiger partial charge >= 0.3 is 12.1 Å². The van der Waals surface area contributed by atoms with E-state index in [-0.39, 0.29) is 29.2 Å². The smallest absolute Gasteiger partial charge is 0.416 e. The van der Waals surface area contributed by atoms with Gasteiger partial charge in [-0.25, -0.2) is 4.79 Å². The average Bonchev–Trinajstić information content (AvgIpc) is 3.02. The number of ketones is 1. The quantitative estimate of drug-likeness (QED) is 0.667. The van der Waals surface area contributed by atoms with E-state index < -0.39 is 23.5 Å². The Morgan fingerprint density at radius 3 is 2.54 bits per heavy atom. The fourth-order valence-electron chi connectivity index (χ4n) is 2.02. The first-order chi connectivity index (χ1) is 11.3. The number of rotatable bonds is 5. The largest absolute Gasteiger partial charge is 0.496 e. The van der Waals surface area contributed by atoms with Gasteiger partial charge in [0.1, 0.15) is 5.75 Å². The maximum Gasteiger partial charge on any atom is 0.416 e. The summed E-state index contributed by atoms with van der Waals surface area (Å²) in [4.78, 5) is 24.3. The van der Waals surface area contributed by atoms with Crippen LogP contribution in [0.15, 0.2) is 24.4 Å². The number of aromatic amines is 1. The van der Waals surface area contributed by atoms with Crippen LogP contribution in [0.5, 0.6) is 5.75 Å². The van der Waals surface area contributed by atoms with Crippen LogP contribution in [0.3, 0.4) is 0 Å². The van der Waals surface area contributed by atoms with Crippen molar-refractivity contribution in [2.24, 2.45) is 0 Å². The summed E-state index contributed by atoms with van der Waals surface area (Å²) in [6.45, 7) is 1.68. The third kappa shape index (κ3) is 3.39. The highest BCUT2D eigenvalue weighted by atomic mass is 19.4. The number of nitrogens with one attached hydrogen (secondary N) is 1. The summed E-state index contributed by atoms with van der Waals surface area (Å²) >= 11 is 0. The Bertz CT molecular complexity index is 768. The van der Waals surface area contributed by atoms with Crippen LogP contribution in [0, 0.1) is 0 Å². The van der Waals surface area contributed by atoms with E-state index in [4.69, 9.17) is 9.47 Å². The number of hydrogen-bond acceptors (Lipinski definition) is 5. The number of benzene rings is 1. The number of carbonyl (C=O) groups excluding carboxylic acids is 2. The molecule has 0 radical (unpaired) electrons. The molecular weight excluding hydrogens is 329 g/mol. The molecule has 0 unspecified atom stereocenters. The van der Waals surface area contributed by atoms with E-state index in [9.17, 15) is 22.8 Å². The molecule has 0 atom stereocenters. The summed E-state index contributed by atoms with van der Waals surface area (Å²) in [5.74, 6) is -1.76. The van der Waals surface area contributed by atoms with Gasteiger partial charge in [0.25, 0.3) is 0 Å². The molecule has 0 bridgehead atoms. The Morgan fingerprint density at radius 1 is 1.25 bits per heavy atom. The maximum absolute atomic E-state index is 12.7. The normalized spacial score (nSPS) is 11.2. The second-order valence-electron chi connectivity index (χ2n) is 4.62. The highest BCUT2D eigenvalue weighted by molar-refractivity contribution is 6.15. The van der Waals surface area contributed by atoms with E-state index in [1.54, 1.807) is 6.92 Å². The number of H-pyrrole nitrogens is 1. The van der Waals surface area contributed by atoms with Crippen LogP contribution in [0.1, 0.15) is 38.9 Å². The van der Waals surface area contributed by atoms with Crippen LogP contribution in [-0.4, -0.2) is 35.7 Å². The fourth-order valence-corrected chi connectivity index (χ4v) is 2.02. The summed E-state index contributed by atoms with van der Waals surface area (Å²) in [5.41, 5.74) is -1.37. The molecule has 128 valence electrons. The third-order valence-electron chi connectivity index (χ3n) is 3.14. The minimum Gasteiger partial charge on any atom is -0.496 e. The molecule has 0 aliphatic carbocycles. The second kappa shape index (κ2) is 6.73. The first-order valence-corrected chi connectivity index (χ1v) is 6.80. The molecule has 0 amide bonds. The molecular formula is C15H13F3N2O4. The highest BCUT2D eigenvalue weighted by Gasteiger charge is 2.32. The molecule has 1 aromatic carbocycles. The molecule has 2 rings (SSSR count). The van der Waals surface area contributed by atoms with E-state index in [0.717, 1.165) is 31.5 Å². The molecule has 0 aliphatic heterocycles. The van der Waals surface area contributed by atoms with Gasteiger partial charge in [0.05, 0.1) is 36.6 Å². The lowest BCUT2D eigenvalue weighted by atomic mass is 10.0. The van der Waals surface area contributed by atoms with E-state index >= 15 is 0 Å². The number of nitrogens with zero attached hydrogens (tertiary/aromatic N) is 1. The van der Waals surface area contributed by atoms with Crippen molar-refractivity contribution in [2.45, 2.75) is 13.1 Å². The number of esters is 1. The molecule has 0 saturated carbocycles. The molecule has 0 saturated heterocycles. The summed E-state index contributed by atoms with van der Waals surface area (Å²) in [6, 6.07) is 2.48. The number of halogens is 3. The average molecular weight is 342 g/mol. The number of ether oxygens (including phenoxy) is 2. The Morgan fingerprint density at radius 2 is 1.96 bits per heavy atom. The Hall–Kier alpha value is -2.84. The molecule has 1 aromatic heterocycles. The van der Waals surface area contributed by atoms with E-state index in [0.29, 0.717) is 0 Å². The van der Waals surface area contributed by atoms with Crippen molar-refractivity contribution in [3.8, 4) is 5.75 Å². The molecule has 0 fully saturated rings. The molecule has 24 heavy (non-hydrogen) atoms. The van der Waals surface area contributed by atoms with Gasteiger partial charge < -0.3 is 9.47 Å². The van der Waals surface area contributed by atoms with Crippen molar-refractivity contribution in [2.75, 3.05) is 13.7 Å². The molecule has 1 heterocycles. The Labute approximate surface area is 134 Å². The van der Waals surface area contributed by atoms with E-state index in [1.165, 1.54) is 0 Å². The van der Waals surface area contributed by atoms with Crippen molar-refractivity contribution < 1.29 is 32.2 Å². The number of aromatic nitrogens is 2. The van der Waals surface area contributed by atoms with Crippen LogP contribution in [0.25, 0.3) is 0 Å². The first-order valence-electron chi connectivity index (χ1n) is 6.80. The first kappa shape index (κ1) is 17.5. The molecule has 0 aliphatic rings. The van der Waals surface area contributed by atoms with Crippen LogP contribution in [-0.2, 0) is 10.9 Å². The lowest BCUT2D eigenvalue weighted by molar-refractivity contribution is -0.137. The topological polar surface area (TPSA) is 81.3 Å². The van der Waals surface area contributed by atoms with Gasteiger partial charge in [0.15, 0.2) is 5.69 Å². The maximum atomic E-state index is 12.7. The molecule has 0 spiro atoms. The van der Waals surface area contributed by atoms with Gasteiger partial charge in [-0.1, -0.05) is 0 Å². The number of carbonyl (C=O) groups is 2. The standard InChI is InChI=1S/C15H13F3N2O4/c1-3-24-14(22)12-10(7-19-20-12)13(21)9-5-4-8(15(16,17)18)6-11(9)23-2/h4-7H,3H2,1-2H3,(H,19,20). The Kier molecular flexibility index (Phi) is 4.91. The van der Waals surface area contributed by atoms with Crippen molar-refractivity contribution in [3.05, 3.63) is 46.8 Å². The third-order valence-corrected chi connectivity index (χ3v) is 3.14. The lowest BCUT2D eigenvalue weighted by Gasteiger charge is -2.12. The lowest BCUT2D eigenvalue weighted by Crippen LogP contribution is -2.13. The van der Waals surface area contributed by atoms with Crippen molar-refractivity contribution in [3.63, 3.8) is 0 Å². The minimum atomic E-state index is -4.57. The Balaban J connectivity index is 2.44. The van der Waals surface area contributed by atoms with Crippen LogP contribution < -0.4 is 4.74 Å². The number of hydrogen-bond donors (Lipinski definition) is 1. The zero-order chi connectivity index (χ0) is 17.9. The van der Waals surface area contributed by atoms with Crippen LogP contribution in [0.4, 0.5) is 13.2 Å². The van der Waals surface area contributed by atoms with Crippen molar-refractivity contribution in [1.29, 1.82) is 0 Å².